The van der Waals surface area contributed by atoms with Crippen molar-refractivity contribution in [3.63, 3.8) is 0 Å². The lowest BCUT2D eigenvalue weighted by atomic mass is 11.3. The van der Waals surface area contributed by atoms with E-state index >= 15 is 0 Å². The number of rotatable bonds is 0. The van der Waals surface area contributed by atoms with Gasteiger partial charge in [0.1, 0.15) is 0 Å². The zero-order valence-corrected chi connectivity index (χ0v) is 4.28. The molecule has 0 rings (SSSR count). The Morgan fingerprint density at radius 1 is 1.43 bits per heavy atom. The molecule has 0 aromatic heterocycles. The highest BCUT2D eigenvalue weighted by Gasteiger charge is 1.89. The van der Waals surface area contributed by atoms with Gasteiger partial charge in [-0.3, -0.25) is 4.55 Å². The smallest absolute Gasteiger partial charge is 0.260 e. The standard InChI is InChI=1S/C2H4.FHO3S/c1-2;1-5(2,3)4/h1-2H2;(H,2,3,4). The molecular weight excluding hydrogens is 123 g/mol. The van der Waals surface area contributed by atoms with Crippen molar-refractivity contribution in [1.82, 2.24) is 0 Å². The Labute approximate surface area is 41.5 Å². The maximum absolute atomic E-state index is 10.2. The van der Waals surface area contributed by atoms with E-state index in [0.717, 1.165) is 0 Å². The summed E-state index contributed by atoms with van der Waals surface area (Å²) >= 11 is 0. The molecule has 0 fully saturated rings. The van der Waals surface area contributed by atoms with Crippen LogP contribution in [0.3, 0.4) is 0 Å². The van der Waals surface area contributed by atoms with Crippen LogP contribution < -0.4 is 0 Å². The monoisotopic (exact) mass is 128 g/mol. The Morgan fingerprint density at radius 2 is 1.43 bits per heavy atom. The Kier molecular flexibility index (Phi) is 5.25. The molecule has 0 bridgehead atoms. The van der Waals surface area contributed by atoms with E-state index in [1.54, 1.807) is 0 Å². The van der Waals surface area contributed by atoms with Crippen LogP contribution in [-0.4, -0.2) is 13.0 Å². The minimum atomic E-state index is -5.17. The molecule has 1 N–H and O–H groups in total. The molecule has 0 aliphatic rings. The molecule has 0 heterocycles. The third-order valence-electron chi connectivity index (χ3n) is 0. The van der Waals surface area contributed by atoms with Crippen LogP contribution in [0.5, 0.6) is 0 Å². The third kappa shape index (κ3) is 405. The largest absolute Gasteiger partial charge is 0.435 e. The zero-order valence-electron chi connectivity index (χ0n) is 3.46. The second-order valence-corrected chi connectivity index (χ2v) is 1.24. The average Bonchev–Trinajstić information content (AvgIpc) is 1.36. The van der Waals surface area contributed by atoms with Crippen molar-refractivity contribution < 1.29 is 16.9 Å². The Morgan fingerprint density at radius 3 is 1.43 bits per heavy atom. The Bertz CT molecular complexity index is 107. The van der Waals surface area contributed by atoms with E-state index in [4.69, 9.17) is 13.0 Å². The van der Waals surface area contributed by atoms with E-state index in [0.29, 0.717) is 0 Å². The van der Waals surface area contributed by atoms with Crippen LogP contribution in [-0.2, 0) is 10.5 Å². The molecule has 0 atom stereocenters. The summed E-state index contributed by atoms with van der Waals surface area (Å²) in [5.41, 5.74) is 0. The van der Waals surface area contributed by atoms with Gasteiger partial charge in [0.15, 0.2) is 0 Å². The molecule has 44 valence electrons. The molecule has 0 saturated heterocycles. The van der Waals surface area contributed by atoms with Crippen LogP contribution in [0.25, 0.3) is 0 Å². The summed E-state index contributed by atoms with van der Waals surface area (Å²) in [7, 11) is -5.17. The lowest BCUT2D eigenvalue weighted by Crippen LogP contribution is -1.80. The fourth-order valence-electron chi connectivity index (χ4n) is 0. The van der Waals surface area contributed by atoms with E-state index in [-0.39, 0.29) is 0 Å². The molecule has 0 aliphatic heterocycles. The molecule has 0 spiro atoms. The predicted octanol–water partition coefficient (Wildman–Crippen LogP) is 0.561. The molecule has 0 radical (unpaired) electrons. The van der Waals surface area contributed by atoms with Gasteiger partial charge in [-0.05, 0) is 0 Å². The molecule has 0 aliphatic carbocycles. The van der Waals surface area contributed by atoms with Crippen molar-refractivity contribution in [2.24, 2.45) is 0 Å². The van der Waals surface area contributed by atoms with Crippen LogP contribution in [0.4, 0.5) is 3.89 Å². The van der Waals surface area contributed by atoms with Gasteiger partial charge in [-0.1, -0.05) is 3.89 Å². The van der Waals surface area contributed by atoms with E-state index < -0.39 is 10.5 Å². The summed E-state index contributed by atoms with van der Waals surface area (Å²) in [6.45, 7) is 6.00. The fraction of sp³-hybridized carbons (Fsp3) is 0. The van der Waals surface area contributed by atoms with Gasteiger partial charge in [-0.15, -0.1) is 13.2 Å². The first kappa shape index (κ1) is 9.77. The summed E-state index contributed by atoms with van der Waals surface area (Å²) in [4.78, 5) is 0. The predicted molar refractivity (Wildman–Crippen MR) is 23.9 cm³/mol. The van der Waals surface area contributed by atoms with Crippen molar-refractivity contribution in [2.75, 3.05) is 0 Å². The van der Waals surface area contributed by atoms with Crippen molar-refractivity contribution in [1.29, 1.82) is 0 Å². The molecule has 0 aromatic carbocycles. The van der Waals surface area contributed by atoms with Crippen molar-refractivity contribution >= 4 is 10.5 Å². The van der Waals surface area contributed by atoms with Crippen LogP contribution in [0.2, 0.25) is 0 Å². The van der Waals surface area contributed by atoms with Gasteiger partial charge in [-0.25, -0.2) is 0 Å². The summed E-state index contributed by atoms with van der Waals surface area (Å²) in [6.07, 6.45) is 0. The zero-order chi connectivity index (χ0) is 6.50. The molecule has 3 nitrogen and oxygen atoms in total. The Balaban J connectivity index is 0. The molecule has 0 unspecified atom stereocenters. The minimum Gasteiger partial charge on any atom is -0.260 e. The Hall–Kier alpha value is -0.420. The third-order valence-corrected chi connectivity index (χ3v) is 0. The first-order valence-corrected chi connectivity index (χ1v) is 2.51. The van der Waals surface area contributed by atoms with E-state index in [1.165, 1.54) is 0 Å². The lowest BCUT2D eigenvalue weighted by molar-refractivity contribution is 0.435. The first-order valence-electron chi connectivity index (χ1n) is 1.17. The van der Waals surface area contributed by atoms with Crippen LogP contribution >= 0.6 is 0 Å². The van der Waals surface area contributed by atoms with Crippen molar-refractivity contribution in [3.8, 4) is 0 Å². The lowest BCUT2D eigenvalue weighted by Gasteiger charge is -1.63. The van der Waals surface area contributed by atoms with Gasteiger partial charge in [-0.2, -0.15) is 8.42 Å². The quantitative estimate of drug-likeness (QED) is 0.294. The van der Waals surface area contributed by atoms with Gasteiger partial charge >= 0.3 is 10.5 Å². The van der Waals surface area contributed by atoms with Crippen LogP contribution in [0, 0.1) is 0 Å². The fourth-order valence-corrected chi connectivity index (χ4v) is 0. The number of hydrogen-bond acceptors (Lipinski definition) is 2. The molecule has 0 aromatic rings. The molecule has 0 saturated carbocycles. The highest BCUT2D eigenvalue weighted by Crippen LogP contribution is 1.74. The molecule has 5 heteroatoms. The normalized spacial score (nSPS) is 8.86. The number of hydrogen-bond donors (Lipinski definition) is 1. The van der Waals surface area contributed by atoms with Gasteiger partial charge < -0.3 is 0 Å². The van der Waals surface area contributed by atoms with E-state index in [9.17, 15) is 3.89 Å². The minimum absolute atomic E-state index is 3.00. The molecule has 7 heavy (non-hydrogen) atoms. The molecular formula is C2H5FO3S. The topological polar surface area (TPSA) is 54.4 Å². The van der Waals surface area contributed by atoms with E-state index in [2.05, 4.69) is 13.2 Å². The van der Waals surface area contributed by atoms with Crippen molar-refractivity contribution in [2.45, 2.75) is 0 Å². The molecule has 0 amide bonds. The maximum Gasteiger partial charge on any atom is 0.435 e. The summed E-state index contributed by atoms with van der Waals surface area (Å²) in [6, 6.07) is 0. The highest BCUT2D eigenvalue weighted by molar-refractivity contribution is 7.80. The van der Waals surface area contributed by atoms with Gasteiger partial charge in [0, 0.05) is 0 Å². The first-order chi connectivity index (χ1) is 3.00. The van der Waals surface area contributed by atoms with Crippen molar-refractivity contribution in [3.05, 3.63) is 13.2 Å². The maximum atomic E-state index is 10.2. The van der Waals surface area contributed by atoms with Crippen LogP contribution in [0.15, 0.2) is 13.2 Å². The summed E-state index contributed by atoms with van der Waals surface area (Å²) in [5.74, 6) is 0. The number of halogens is 1. The summed E-state index contributed by atoms with van der Waals surface area (Å²) in [5, 5.41) is 0. The van der Waals surface area contributed by atoms with Gasteiger partial charge in [0.25, 0.3) is 0 Å². The van der Waals surface area contributed by atoms with E-state index in [1.807, 2.05) is 0 Å². The highest BCUT2D eigenvalue weighted by atomic mass is 32.3. The average molecular weight is 128 g/mol. The second-order valence-electron chi connectivity index (χ2n) is 0.412. The van der Waals surface area contributed by atoms with Crippen LogP contribution in [0.1, 0.15) is 0 Å². The SMILES string of the molecule is C=C.O=S(=O)(O)F. The summed E-state index contributed by atoms with van der Waals surface area (Å²) < 4.78 is 34.1. The van der Waals surface area contributed by atoms with Gasteiger partial charge in [0.2, 0.25) is 0 Å². The second kappa shape index (κ2) is 3.76. The van der Waals surface area contributed by atoms with Gasteiger partial charge in [0.05, 0.1) is 0 Å².